The third kappa shape index (κ3) is 7.10. The summed E-state index contributed by atoms with van der Waals surface area (Å²) in [6.45, 7) is 7.85. The maximum atomic E-state index is 13.6. The number of fused-ring (bicyclic) bond motifs is 4. The van der Waals surface area contributed by atoms with E-state index in [0.29, 0.717) is 48.5 Å². The molecule has 4 aromatic rings. The van der Waals surface area contributed by atoms with Gasteiger partial charge in [0.05, 0.1) is 23.3 Å². The van der Waals surface area contributed by atoms with Gasteiger partial charge in [-0.05, 0) is 57.0 Å². The minimum absolute atomic E-state index is 0.0234. The van der Waals surface area contributed by atoms with E-state index in [9.17, 15) is 28.8 Å². The molecule has 0 spiro atoms. The molecule has 0 saturated carbocycles. The van der Waals surface area contributed by atoms with Gasteiger partial charge in [-0.1, -0.05) is 29.8 Å². The van der Waals surface area contributed by atoms with E-state index in [4.69, 9.17) is 16.6 Å². The fourth-order valence-corrected chi connectivity index (χ4v) is 9.06. The van der Waals surface area contributed by atoms with Crippen molar-refractivity contribution >= 4 is 69.8 Å². The molecule has 4 aliphatic heterocycles. The summed E-state index contributed by atoms with van der Waals surface area (Å²) < 4.78 is 2.00. The molecule has 2 fully saturated rings. The first-order chi connectivity index (χ1) is 27.4. The number of thiophene rings is 1. The topological polar surface area (TPSA) is 191 Å². The maximum absolute atomic E-state index is 13.6. The van der Waals surface area contributed by atoms with Crippen LogP contribution in [0.25, 0.3) is 5.00 Å². The van der Waals surface area contributed by atoms with Crippen LogP contribution in [0.4, 0.5) is 5.69 Å². The summed E-state index contributed by atoms with van der Waals surface area (Å²) in [5.74, 6) is -1.41. The van der Waals surface area contributed by atoms with Crippen molar-refractivity contribution in [2.45, 2.75) is 58.5 Å². The van der Waals surface area contributed by atoms with Gasteiger partial charge in [-0.25, -0.2) is 5.01 Å². The second kappa shape index (κ2) is 15.3. The first-order valence-electron chi connectivity index (χ1n) is 18.7. The minimum Gasteiger partial charge on any atom is -0.384 e. The van der Waals surface area contributed by atoms with Gasteiger partial charge in [0.1, 0.15) is 22.9 Å². The molecular weight excluding hydrogens is 772 g/mol. The van der Waals surface area contributed by atoms with E-state index in [0.717, 1.165) is 37.2 Å². The minimum atomic E-state index is -1.07. The first-order valence-corrected chi connectivity index (χ1v) is 19.9. The number of anilines is 1. The highest BCUT2D eigenvalue weighted by molar-refractivity contribution is 7.15. The fraction of sp³-hybridized carbons (Fsp3) is 0.359. The number of carbonyl (C=O) groups is 6. The number of amides is 6. The van der Waals surface area contributed by atoms with Crippen LogP contribution in [0.15, 0.2) is 47.5 Å². The molecule has 8 rings (SSSR count). The number of nitrogens with zero attached hydrogens (tertiary/aromatic N) is 7. The number of piperidine rings is 1. The number of nitrogens with one attached hydrogen (secondary N) is 3. The number of hydrazine groups is 1. The molecule has 6 heterocycles. The van der Waals surface area contributed by atoms with Gasteiger partial charge in [0, 0.05) is 72.3 Å². The third-order valence-electron chi connectivity index (χ3n) is 10.8. The predicted molar refractivity (Wildman–Crippen MR) is 210 cm³/mol. The summed E-state index contributed by atoms with van der Waals surface area (Å²) in [4.78, 5) is 86.5. The lowest BCUT2D eigenvalue weighted by Crippen LogP contribution is -2.55. The summed E-state index contributed by atoms with van der Waals surface area (Å²) in [7, 11) is 0. The van der Waals surface area contributed by atoms with E-state index >= 15 is 0 Å². The quantitative estimate of drug-likeness (QED) is 0.212. The molecule has 16 nitrogen and oxygen atoms in total. The second-order valence-electron chi connectivity index (χ2n) is 14.4. The Balaban J connectivity index is 0.875. The largest absolute Gasteiger partial charge is 0.384 e. The molecule has 18 heteroatoms. The number of rotatable bonds is 9. The molecule has 6 amide bonds. The standard InChI is InChI=1S/C39H39ClN10O6S/c1-20-21(2)57-39-32(20)34(23-7-9-24(40)10-8-23)42-27(35-45-44-22(3)49(35)39)19-30(52)46-48-17-15-47(16-18-48)31(53)13-14-41-26-6-4-5-25-33(26)38(56)50(37(25)55)28-11-12-29(51)43-36(28)54/h4-10,27-28,41H,11-19H2,1-3H3,(H,46,52)(H,43,51,54)/t27-,28?/m0/s1. The maximum Gasteiger partial charge on any atom is 0.264 e. The molecule has 0 radical (unpaired) electrons. The Bertz CT molecular complexity index is 2380. The van der Waals surface area contributed by atoms with Gasteiger partial charge in [0.2, 0.25) is 23.6 Å². The van der Waals surface area contributed by atoms with E-state index in [-0.39, 0.29) is 55.2 Å². The lowest BCUT2D eigenvalue weighted by atomic mass is 9.99. The van der Waals surface area contributed by atoms with E-state index < -0.39 is 35.7 Å². The molecule has 2 aromatic heterocycles. The zero-order valence-corrected chi connectivity index (χ0v) is 33.0. The van der Waals surface area contributed by atoms with Crippen LogP contribution < -0.4 is 16.1 Å². The van der Waals surface area contributed by atoms with E-state index in [2.05, 4.69) is 40.1 Å². The van der Waals surface area contributed by atoms with E-state index in [1.807, 2.05) is 35.8 Å². The van der Waals surface area contributed by atoms with Gasteiger partial charge in [0.15, 0.2) is 5.82 Å². The number of aromatic nitrogens is 3. The van der Waals surface area contributed by atoms with Crippen molar-refractivity contribution < 1.29 is 28.8 Å². The highest BCUT2D eigenvalue weighted by Crippen LogP contribution is 2.40. The number of aryl methyl sites for hydroxylation is 2. The Morgan fingerprint density at radius 1 is 0.947 bits per heavy atom. The fourth-order valence-electron chi connectivity index (χ4n) is 7.72. The van der Waals surface area contributed by atoms with Gasteiger partial charge in [-0.2, -0.15) is 0 Å². The van der Waals surface area contributed by atoms with Crippen LogP contribution in [-0.2, 0) is 19.2 Å². The Hall–Kier alpha value is -5.78. The van der Waals surface area contributed by atoms with Crippen LogP contribution in [0, 0.1) is 20.8 Å². The molecule has 0 bridgehead atoms. The number of halogens is 1. The van der Waals surface area contributed by atoms with Crippen LogP contribution in [0.1, 0.15) is 85.7 Å². The predicted octanol–water partition coefficient (Wildman–Crippen LogP) is 3.27. The lowest BCUT2D eigenvalue weighted by Gasteiger charge is -2.35. The number of hydrogen-bond acceptors (Lipinski definition) is 12. The molecule has 3 N–H and O–H groups in total. The van der Waals surface area contributed by atoms with Gasteiger partial charge >= 0.3 is 0 Å². The lowest BCUT2D eigenvalue weighted by molar-refractivity contribution is -0.137. The number of hydrogen-bond donors (Lipinski definition) is 3. The Labute approximate surface area is 336 Å². The van der Waals surface area contributed by atoms with Crippen molar-refractivity contribution in [3.63, 3.8) is 0 Å². The van der Waals surface area contributed by atoms with Crippen LogP contribution >= 0.6 is 22.9 Å². The average molecular weight is 811 g/mol. The third-order valence-corrected chi connectivity index (χ3v) is 12.2. The Morgan fingerprint density at radius 2 is 1.70 bits per heavy atom. The number of aliphatic imine (C=N–C) groups is 1. The summed E-state index contributed by atoms with van der Waals surface area (Å²) in [5.41, 5.74) is 7.41. The molecule has 1 unspecified atom stereocenters. The Kier molecular flexibility index (Phi) is 10.2. The highest BCUT2D eigenvalue weighted by Gasteiger charge is 2.45. The summed E-state index contributed by atoms with van der Waals surface area (Å²) in [6, 6.07) is 10.6. The van der Waals surface area contributed by atoms with Crippen molar-refractivity contribution in [1.82, 2.24) is 40.3 Å². The van der Waals surface area contributed by atoms with Gasteiger partial charge in [-0.15, -0.1) is 21.5 Å². The molecule has 2 atom stereocenters. The molecule has 2 saturated heterocycles. The molecular formula is C39H39ClN10O6S. The smallest absolute Gasteiger partial charge is 0.264 e. The van der Waals surface area contributed by atoms with Gasteiger partial charge in [0.25, 0.3) is 11.8 Å². The van der Waals surface area contributed by atoms with Crippen molar-refractivity contribution in [2.75, 3.05) is 38.0 Å². The van der Waals surface area contributed by atoms with E-state index in [1.54, 1.807) is 33.4 Å². The van der Waals surface area contributed by atoms with Crippen LogP contribution in [0.5, 0.6) is 0 Å². The molecule has 0 aliphatic carbocycles. The van der Waals surface area contributed by atoms with Crippen LogP contribution in [0.3, 0.4) is 0 Å². The molecule has 294 valence electrons. The molecule has 2 aromatic carbocycles. The number of benzene rings is 2. The van der Waals surface area contributed by atoms with E-state index in [1.165, 1.54) is 6.07 Å². The zero-order chi connectivity index (χ0) is 40.1. The van der Waals surface area contributed by atoms with Crippen LogP contribution in [0.2, 0.25) is 5.02 Å². The summed E-state index contributed by atoms with van der Waals surface area (Å²) in [6.07, 6.45) is 0.233. The van der Waals surface area contributed by atoms with Gasteiger partial charge in [-0.3, -0.25) is 54.0 Å². The highest BCUT2D eigenvalue weighted by atomic mass is 35.5. The van der Waals surface area contributed by atoms with Crippen molar-refractivity contribution in [3.8, 4) is 5.00 Å². The zero-order valence-electron chi connectivity index (χ0n) is 31.4. The van der Waals surface area contributed by atoms with Crippen molar-refractivity contribution in [2.24, 2.45) is 4.99 Å². The number of carbonyl (C=O) groups excluding carboxylic acids is 6. The van der Waals surface area contributed by atoms with Crippen molar-refractivity contribution in [1.29, 1.82) is 0 Å². The summed E-state index contributed by atoms with van der Waals surface area (Å²) >= 11 is 7.87. The first kappa shape index (κ1) is 38.1. The number of imide groups is 2. The molecule has 4 aliphatic rings. The summed E-state index contributed by atoms with van der Waals surface area (Å²) in [5, 5.41) is 17.6. The van der Waals surface area contributed by atoms with Crippen LogP contribution in [-0.4, -0.2) is 109 Å². The SMILES string of the molecule is Cc1sc2c(c1C)C(c1ccc(Cl)cc1)=N[C@@H](CC(=O)NN1CCN(C(=O)CCNc3cccc4c3C(=O)N(C3CCC(=O)NC3=O)C4=O)CC1)c1nnc(C)n1-2. The van der Waals surface area contributed by atoms with Gasteiger partial charge < -0.3 is 10.2 Å². The average Bonchev–Trinajstić information content (AvgIpc) is 3.76. The number of piperazine rings is 1. The molecule has 57 heavy (non-hydrogen) atoms. The monoisotopic (exact) mass is 810 g/mol. The second-order valence-corrected chi connectivity index (χ2v) is 16.0. The van der Waals surface area contributed by atoms with Crippen molar-refractivity contribution in [3.05, 3.63) is 91.8 Å². The Morgan fingerprint density at radius 3 is 2.44 bits per heavy atom. The normalized spacial score (nSPS) is 19.4.